The number of aromatic nitrogens is 2. The molecule has 6 heteroatoms. The van der Waals surface area contributed by atoms with Crippen molar-refractivity contribution < 1.29 is 0 Å². The van der Waals surface area contributed by atoms with Crippen LogP contribution in [0.25, 0.3) is 0 Å². The van der Waals surface area contributed by atoms with Crippen LogP contribution in [0.15, 0.2) is 20.9 Å². The Morgan fingerprint density at radius 3 is 2.69 bits per heavy atom. The molecule has 70 valence electrons. The number of nitrogens with zero attached hydrogens (tertiary/aromatic N) is 2. The van der Waals surface area contributed by atoms with E-state index < -0.39 is 11.2 Å². The van der Waals surface area contributed by atoms with Gasteiger partial charge in [-0.15, -0.1) is 0 Å². The summed E-state index contributed by atoms with van der Waals surface area (Å²) < 4.78 is 0. The molecule has 1 rings (SSSR count). The highest BCUT2D eigenvalue weighted by Crippen LogP contribution is 1.80. The summed E-state index contributed by atoms with van der Waals surface area (Å²) in [5, 5.41) is 5.40. The summed E-state index contributed by atoms with van der Waals surface area (Å²) in [5.41, 5.74) is -0.658. The summed E-state index contributed by atoms with van der Waals surface area (Å²) in [6.45, 7) is 0. The molecule has 13 heavy (non-hydrogen) atoms. The minimum absolute atomic E-state index is 0.313. The Balaban J connectivity index is 3.04. The third kappa shape index (κ3) is 2.58. The lowest BCUT2D eigenvalue weighted by Crippen LogP contribution is -2.24. The Morgan fingerprint density at radius 1 is 1.46 bits per heavy atom. The summed E-state index contributed by atoms with van der Waals surface area (Å²) in [7, 11) is 3.47. The predicted octanol–water partition coefficient (Wildman–Crippen LogP) is -1.04. The van der Waals surface area contributed by atoms with Crippen LogP contribution in [0.3, 0.4) is 0 Å². The second-order valence-corrected chi connectivity index (χ2v) is 2.62. The smallest absolute Gasteiger partial charge is 0.313 e. The molecule has 0 bridgehead atoms. The zero-order valence-corrected chi connectivity index (χ0v) is 7.37. The molecule has 0 atom stereocenters. The number of rotatable bonds is 2. The summed E-state index contributed by atoms with van der Waals surface area (Å²) >= 11 is 0. The van der Waals surface area contributed by atoms with Gasteiger partial charge in [0.2, 0.25) is 0 Å². The molecule has 0 aliphatic rings. The monoisotopic (exact) mass is 182 g/mol. The van der Waals surface area contributed by atoms with E-state index in [4.69, 9.17) is 0 Å². The fourth-order valence-corrected chi connectivity index (χ4v) is 0.694. The molecule has 0 spiro atoms. The average Bonchev–Trinajstić information content (AvgIpc) is 2.02. The molecule has 0 aromatic carbocycles. The van der Waals surface area contributed by atoms with E-state index in [1.54, 1.807) is 19.1 Å². The second kappa shape index (κ2) is 3.70. The molecule has 1 aromatic heterocycles. The normalized spacial score (nSPS) is 10.6. The van der Waals surface area contributed by atoms with Gasteiger partial charge < -0.3 is 9.99 Å². The minimum atomic E-state index is -0.521. The van der Waals surface area contributed by atoms with E-state index in [0.29, 0.717) is 5.56 Å². The van der Waals surface area contributed by atoms with Gasteiger partial charge in [-0.3, -0.25) is 9.78 Å². The van der Waals surface area contributed by atoms with Crippen LogP contribution in [-0.4, -0.2) is 35.3 Å². The molecule has 1 aromatic rings. The maximum atomic E-state index is 11.1. The summed E-state index contributed by atoms with van der Waals surface area (Å²) in [6.07, 6.45) is 2.68. The fraction of sp³-hybridized carbons (Fsp3) is 0.286. The van der Waals surface area contributed by atoms with E-state index in [1.165, 1.54) is 12.4 Å². The van der Waals surface area contributed by atoms with Gasteiger partial charge in [0.15, 0.2) is 0 Å². The highest BCUT2D eigenvalue weighted by Gasteiger charge is 1.95. The summed E-state index contributed by atoms with van der Waals surface area (Å²) in [6, 6.07) is 0. The number of H-pyrrole nitrogens is 2. The third-order valence-corrected chi connectivity index (χ3v) is 1.28. The standard InChI is InChI=1S/C7H10N4O2/c1-11(2)9-4-5-3-8-7(13)10-6(5)12/h3-4H,1-2H3,(H2,8,10,12,13). The average molecular weight is 182 g/mol. The van der Waals surface area contributed by atoms with Gasteiger partial charge >= 0.3 is 5.69 Å². The van der Waals surface area contributed by atoms with Crippen LogP contribution in [-0.2, 0) is 0 Å². The number of nitrogens with one attached hydrogen (secondary N) is 2. The van der Waals surface area contributed by atoms with Crippen LogP contribution in [0, 0.1) is 0 Å². The van der Waals surface area contributed by atoms with Gasteiger partial charge in [-0.05, 0) is 0 Å². The third-order valence-electron chi connectivity index (χ3n) is 1.28. The minimum Gasteiger partial charge on any atom is -0.313 e. The van der Waals surface area contributed by atoms with Crippen LogP contribution in [0.2, 0.25) is 0 Å². The number of hydrazone groups is 1. The molecule has 0 saturated heterocycles. The predicted molar refractivity (Wildman–Crippen MR) is 49.0 cm³/mol. The first-order valence-electron chi connectivity index (χ1n) is 3.63. The van der Waals surface area contributed by atoms with Gasteiger partial charge in [0.05, 0.1) is 11.8 Å². The Bertz CT molecular complexity index is 415. The van der Waals surface area contributed by atoms with Crippen molar-refractivity contribution in [3.05, 3.63) is 32.6 Å². The fourth-order valence-electron chi connectivity index (χ4n) is 0.694. The maximum absolute atomic E-state index is 11.1. The summed E-state index contributed by atoms with van der Waals surface area (Å²) in [4.78, 5) is 26.1. The first-order valence-corrected chi connectivity index (χ1v) is 3.63. The van der Waals surface area contributed by atoms with Crippen molar-refractivity contribution in [2.75, 3.05) is 14.1 Å². The van der Waals surface area contributed by atoms with Crippen molar-refractivity contribution in [1.29, 1.82) is 0 Å². The zero-order chi connectivity index (χ0) is 9.84. The van der Waals surface area contributed by atoms with Crippen molar-refractivity contribution in [2.45, 2.75) is 0 Å². The van der Waals surface area contributed by atoms with E-state index in [2.05, 4.69) is 15.1 Å². The highest BCUT2D eigenvalue weighted by molar-refractivity contribution is 5.78. The van der Waals surface area contributed by atoms with Crippen molar-refractivity contribution in [2.24, 2.45) is 5.10 Å². The quantitative estimate of drug-likeness (QED) is 0.452. The largest absolute Gasteiger partial charge is 0.325 e. The topological polar surface area (TPSA) is 81.3 Å². The van der Waals surface area contributed by atoms with Crippen LogP contribution in [0.4, 0.5) is 0 Å². The van der Waals surface area contributed by atoms with Crippen molar-refractivity contribution in [1.82, 2.24) is 15.0 Å². The first kappa shape index (κ1) is 9.24. The van der Waals surface area contributed by atoms with Gasteiger partial charge in [0, 0.05) is 20.3 Å². The molecule has 0 aliphatic carbocycles. The molecule has 1 heterocycles. The van der Waals surface area contributed by atoms with Crippen molar-refractivity contribution in [3.63, 3.8) is 0 Å². The van der Waals surface area contributed by atoms with Crippen molar-refractivity contribution in [3.8, 4) is 0 Å². The molecule has 0 fully saturated rings. The molecule has 0 unspecified atom stereocenters. The van der Waals surface area contributed by atoms with E-state index in [1.807, 2.05) is 0 Å². The van der Waals surface area contributed by atoms with E-state index in [9.17, 15) is 9.59 Å². The summed E-state index contributed by atoms with van der Waals surface area (Å²) in [5.74, 6) is 0. The molecule has 0 aliphatic heterocycles. The van der Waals surface area contributed by atoms with Gasteiger partial charge in [-0.2, -0.15) is 5.10 Å². The van der Waals surface area contributed by atoms with E-state index >= 15 is 0 Å². The SMILES string of the molecule is CN(C)N=Cc1c[nH]c(=O)[nH]c1=O. The van der Waals surface area contributed by atoms with Gasteiger partial charge in [0.25, 0.3) is 5.56 Å². The van der Waals surface area contributed by atoms with Gasteiger partial charge in [-0.25, -0.2) is 4.79 Å². The molecule has 0 saturated carbocycles. The van der Waals surface area contributed by atoms with E-state index in [0.717, 1.165) is 0 Å². The highest BCUT2D eigenvalue weighted by atomic mass is 16.2. The first-order chi connectivity index (χ1) is 6.09. The Hall–Kier alpha value is -1.85. The second-order valence-electron chi connectivity index (χ2n) is 2.62. The number of hydrogen-bond donors (Lipinski definition) is 2. The van der Waals surface area contributed by atoms with Gasteiger partial charge in [0.1, 0.15) is 0 Å². The Morgan fingerprint density at radius 2 is 2.15 bits per heavy atom. The van der Waals surface area contributed by atoms with Crippen LogP contribution < -0.4 is 11.2 Å². The molecule has 0 amide bonds. The molecule has 6 nitrogen and oxygen atoms in total. The van der Waals surface area contributed by atoms with Crippen LogP contribution in [0.5, 0.6) is 0 Å². The molecular weight excluding hydrogens is 172 g/mol. The van der Waals surface area contributed by atoms with Crippen LogP contribution >= 0.6 is 0 Å². The number of hydrogen-bond acceptors (Lipinski definition) is 4. The van der Waals surface area contributed by atoms with E-state index in [-0.39, 0.29) is 0 Å². The zero-order valence-electron chi connectivity index (χ0n) is 7.37. The lowest BCUT2D eigenvalue weighted by molar-refractivity contribution is 0.440. The molecule has 0 radical (unpaired) electrons. The Labute approximate surface area is 73.9 Å². The molecule has 2 N–H and O–H groups in total. The van der Waals surface area contributed by atoms with Gasteiger partial charge in [-0.1, -0.05) is 0 Å². The lowest BCUT2D eigenvalue weighted by atomic mass is 10.4. The van der Waals surface area contributed by atoms with Crippen LogP contribution in [0.1, 0.15) is 5.56 Å². The number of aromatic amines is 2. The van der Waals surface area contributed by atoms with Crippen molar-refractivity contribution >= 4 is 6.21 Å². The maximum Gasteiger partial charge on any atom is 0.325 e. The lowest BCUT2D eigenvalue weighted by Gasteiger charge is -2.01. The molecular formula is C7H10N4O2. The Kier molecular flexibility index (Phi) is 2.63.